The second-order valence-electron chi connectivity index (χ2n) is 4.86. The molecule has 112 valence electrons. The van der Waals surface area contributed by atoms with Crippen LogP contribution in [0.4, 0.5) is 0 Å². The van der Waals surface area contributed by atoms with Gasteiger partial charge in [0.15, 0.2) is 0 Å². The summed E-state index contributed by atoms with van der Waals surface area (Å²) in [5, 5.41) is 3.73. The van der Waals surface area contributed by atoms with Gasteiger partial charge in [-0.25, -0.2) is 0 Å². The third kappa shape index (κ3) is 6.92. The first-order valence-electron chi connectivity index (χ1n) is 7.39. The van der Waals surface area contributed by atoms with E-state index in [1.807, 2.05) is 24.3 Å². The summed E-state index contributed by atoms with van der Waals surface area (Å²) in [6.45, 7) is 8.00. The van der Waals surface area contributed by atoms with Gasteiger partial charge in [0.2, 0.25) is 5.91 Å². The lowest BCUT2D eigenvalue weighted by atomic mass is 10.1. The highest BCUT2D eigenvalue weighted by Crippen LogP contribution is 2.11. The fourth-order valence-corrected chi connectivity index (χ4v) is 2.21. The molecular weight excluding hydrogens is 272 g/mol. The average Bonchev–Trinajstić information content (AvgIpc) is 2.46. The number of hydrogen-bond acceptors (Lipinski definition) is 2. The number of rotatable bonds is 9. The normalized spacial score (nSPS) is 10.8. The number of likely N-dealkylation sites (N-methyl/N-ethyl adjacent to an activating group) is 1. The summed E-state index contributed by atoms with van der Waals surface area (Å²) in [4.78, 5) is 14.0. The first-order valence-corrected chi connectivity index (χ1v) is 7.77. The molecule has 1 aromatic carbocycles. The molecule has 0 atom stereocenters. The molecule has 1 aromatic rings. The van der Waals surface area contributed by atoms with E-state index in [4.69, 9.17) is 11.6 Å². The van der Waals surface area contributed by atoms with E-state index in [-0.39, 0.29) is 5.91 Å². The summed E-state index contributed by atoms with van der Waals surface area (Å²) in [5.41, 5.74) is 1.23. The third-order valence-electron chi connectivity index (χ3n) is 3.43. The Bertz CT molecular complexity index is 388. The Labute approximate surface area is 127 Å². The molecule has 0 fully saturated rings. The van der Waals surface area contributed by atoms with Crippen molar-refractivity contribution in [2.45, 2.75) is 33.1 Å². The maximum atomic E-state index is 11.7. The molecule has 0 heterocycles. The molecule has 0 saturated carbocycles. The lowest BCUT2D eigenvalue weighted by Gasteiger charge is -2.17. The van der Waals surface area contributed by atoms with E-state index in [0.717, 1.165) is 44.0 Å². The Hall–Kier alpha value is -1.06. The summed E-state index contributed by atoms with van der Waals surface area (Å²) >= 11 is 5.83. The highest BCUT2D eigenvalue weighted by Gasteiger charge is 2.03. The van der Waals surface area contributed by atoms with Crippen molar-refractivity contribution < 1.29 is 4.79 Å². The predicted octanol–water partition coefficient (Wildman–Crippen LogP) is 3.12. The topological polar surface area (TPSA) is 32.3 Å². The molecule has 0 unspecified atom stereocenters. The van der Waals surface area contributed by atoms with E-state index in [2.05, 4.69) is 24.1 Å². The molecule has 0 aromatic heterocycles. The van der Waals surface area contributed by atoms with E-state index >= 15 is 0 Å². The summed E-state index contributed by atoms with van der Waals surface area (Å²) in [5.74, 6) is 0.145. The van der Waals surface area contributed by atoms with Gasteiger partial charge in [-0.1, -0.05) is 37.6 Å². The molecule has 3 nitrogen and oxygen atoms in total. The minimum atomic E-state index is 0.145. The largest absolute Gasteiger partial charge is 0.355 e. The van der Waals surface area contributed by atoms with Crippen LogP contribution in [0.25, 0.3) is 0 Å². The van der Waals surface area contributed by atoms with Gasteiger partial charge in [0.1, 0.15) is 0 Å². The maximum Gasteiger partial charge on any atom is 0.220 e. The molecule has 4 heteroatoms. The van der Waals surface area contributed by atoms with Gasteiger partial charge in [0.05, 0.1) is 0 Å². The second-order valence-corrected chi connectivity index (χ2v) is 5.29. The molecule has 1 N–H and O–H groups in total. The Morgan fingerprint density at radius 2 is 1.85 bits per heavy atom. The van der Waals surface area contributed by atoms with Crippen LogP contribution in [0.5, 0.6) is 0 Å². The SMILES string of the molecule is CCN(CC)CCNC(=O)CCCc1ccc(Cl)cc1. The van der Waals surface area contributed by atoms with Crippen LogP contribution in [-0.4, -0.2) is 37.0 Å². The number of hydrogen-bond donors (Lipinski definition) is 1. The summed E-state index contributed by atoms with van der Waals surface area (Å²) in [6.07, 6.45) is 2.38. The van der Waals surface area contributed by atoms with Crippen LogP contribution in [0, 0.1) is 0 Å². The van der Waals surface area contributed by atoms with Crippen molar-refractivity contribution >= 4 is 17.5 Å². The summed E-state index contributed by atoms with van der Waals surface area (Å²) < 4.78 is 0. The van der Waals surface area contributed by atoms with E-state index in [0.29, 0.717) is 6.42 Å². The van der Waals surface area contributed by atoms with Crippen LogP contribution in [-0.2, 0) is 11.2 Å². The zero-order chi connectivity index (χ0) is 14.8. The number of nitrogens with zero attached hydrogens (tertiary/aromatic N) is 1. The monoisotopic (exact) mass is 296 g/mol. The Kier molecular flexibility index (Phi) is 8.31. The molecule has 0 radical (unpaired) electrons. The van der Waals surface area contributed by atoms with E-state index in [1.54, 1.807) is 0 Å². The fourth-order valence-electron chi connectivity index (χ4n) is 2.09. The van der Waals surface area contributed by atoms with Gasteiger partial charge in [-0.2, -0.15) is 0 Å². The minimum absolute atomic E-state index is 0.145. The highest BCUT2D eigenvalue weighted by molar-refractivity contribution is 6.30. The number of carbonyl (C=O) groups excluding carboxylic acids is 1. The van der Waals surface area contributed by atoms with Crippen LogP contribution < -0.4 is 5.32 Å². The Morgan fingerprint density at radius 1 is 1.20 bits per heavy atom. The number of carbonyl (C=O) groups is 1. The van der Waals surface area contributed by atoms with Crippen molar-refractivity contribution in [2.75, 3.05) is 26.2 Å². The molecule has 0 aliphatic rings. The standard InChI is InChI=1S/C16H25ClN2O/c1-3-19(4-2)13-12-18-16(20)7-5-6-14-8-10-15(17)11-9-14/h8-11H,3-7,12-13H2,1-2H3,(H,18,20). The smallest absolute Gasteiger partial charge is 0.220 e. The zero-order valence-corrected chi connectivity index (χ0v) is 13.2. The number of benzene rings is 1. The molecule has 0 spiro atoms. The average molecular weight is 297 g/mol. The van der Waals surface area contributed by atoms with Gasteiger partial charge < -0.3 is 10.2 Å². The summed E-state index contributed by atoms with van der Waals surface area (Å²) in [7, 11) is 0. The first-order chi connectivity index (χ1) is 9.65. The lowest BCUT2D eigenvalue weighted by Crippen LogP contribution is -2.34. The number of nitrogens with one attached hydrogen (secondary N) is 1. The molecule has 1 rings (SSSR count). The highest BCUT2D eigenvalue weighted by atomic mass is 35.5. The number of halogens is 1. The number of amides is 1. The maximum absolute atomic E-state index is 11.7. The van der Waals surface area contributed by atoms with Gasteiger partial charge in [0, 0.05) is 24.5 Å². The van der Waals surface area contributed by atoms with Crippen molar-refractivity contribution in [2.24, 2.45) is 0 Å². The molecule has 20 heavy (non-hydrogen) atoms. The van der Waals surface area contributed by atoms with E-state index in [1.165, 1.54) is 5.56 Å². The van der Waals surface area contributed by atoms with Gasteiger partial charge >= 0.3 is 0 Å². The van der Waals surface area contributed by atoms with Crippen LogP contribution in [0.2, 0.25) is 5.02 Å². The van der Waals surface area contributed by atoms with Gasteiger partial charge in [0.25, 0.3) is 0 Å². The van der Waals surface area contributed by atoms with Crippen molar-refractivity contribution in [1.29, 1.82) is 0 Å². The fraction of sp³-hybridized carbons (Fsp3) is 0.562. The van der Waals surface area contributed by atoms with E-state index < -0.39 is 0 Å². The zero-order valence-electron chi connectivity index (χ0n) is 12.5. The van der Waals surface area contributed by atoms with Crippen LogP contribution in [0.1, 0.15) is 32.3 Å². The minimum Gasteiger partial charge on any atom is -0.355 e. The van der Waals surface area contributed by atoms with Crippen molar-refractivity contribution in [3.8, 4) is 0 Å². The third-order valence-corrected chi connectivity index (χ3v) is 3.68. The Balaban J connectivity index is 2.12. The molecular formula is C16H25ClN2O. The predicted molar refractivity (Wildman–Crippen MR) is 85.2 cm³/mol. The molecule has 1 amide bonds. The van der Waals surface area contributed by atoms with Gasteiger partial charge in [-0.15, -0.1) is 0 Å². The van der Waals surface area contributed by atoms with Gasteiger partial charge in [-0.05, 0) is 43.6 Å². The lowest BCUT2D eigenvalue weighted by molar-refractivity contribution is -0.121. The molecule has 0 saturated heterocycles. The molecule has 0 bridgehead atoms. The van der Waals surface area contributed by atoms with Crippen LogP contribution >= 0.6 is 11.6 Å². The second kappa shape index (κ2) is 9.78. The Morgan fingerprint density at radius 3 is 2.45 bits per heavy atom. The van der Waals surface area contributed by atoms with Crippen molar-refractivity contribution in [3.63, 3.8) is 0 Å². The van der Waals surface area contributed by atoms with E-state index in [9.17, 15) is 4.79 Å². The summed E-state index contributed by atoms with van der Waals surface area (Å²) in [6, 6.07) is 7.81. The first kappa shape index (κ1) is 17.0. The number of aryl methyl sites for hydroxylation is 1. The quantitative estimate of drug-likeness (QED) is 0.759. The van der Waals surface area contributed by atoms with Gasteiger partial charge in [-0.3, -0.25) is 4.79 Å². The van der Waals surface area contributed by atoms with Crippen molar-refractivity contribution in [1.82, 2.24) is 10.2 Å². The molecule has 0 aliphatic heterocycles. The van der Waals surface area contributed by atoms with Crippen molar-refractivity contribution in [3.05, 3.63) is 34.9 Å². The van der Waals surface area contributed by atoms with Crippen LogP contribution in [0.15, 0.2) is 24.3 Å². The van der Waals surface area contributed by atoms with Crippen LogP contribution in [0.3, 0.4) is 0 Å². The molecule has 0 aliphatic carbocycles.